The van der Waals surface area contributed by atoms with Gasteiger partial charge in [-0.05, 0) is 11.5 Å². The van der Waals surface area contributed by atoms with Gasteiger partial charge in [0, 0.05) is 6.54 Å². The van der Waals surface area contributed by atoms with Crippen molar-refractivity contribution in [1.82, 2.24) is 4.90 Å². The minimum absolute atomic E-state index is 0.219. The van der Waals surface area contributed by atoms with Crippen LogP contribution in [0.5, 0.6) is 0 Å². The zero-order chi connectivity index (χ0) is 11.5. The van der Waals surface area contributed by atoms with E-state index in [1.807, 2.05) is 23.1 Å². The summed E-state index contributed by atoms with van der Waals surface area (Å²) >= 11 is 1.73. The van der Waals surface area contributed by atoms with Crippen molar-refractivity contribution in [3.63, 3.8) is 0 Å². The number of carbonyl (C=O) groups excluding carboxylic acids is 1. The summed E-state index contributed by atoms with van der Waals surface area (Å²) in [6, 6.07) is 10.3. The van der Waals surface area contributed by atoms with E-state index < -0.39 is 0 Å². The highest BCUT2D eigenvalue weighted by molar-refractivity contribution is 8.00. The SMILES string of the molecule is CC(C)CN1C(=O)CSC1c1ccccc1. The van der Waals surface area contributed by atoms with Crippen molar-refractivity contribution in [2.45, 2.75) is 19.2 Å². The number of carbonyl (C=O) groups is 1. The second kappa shape index (κ2) is 4.91. The normalized spacial score (nSPS) is 20.8. The fourth-order valence-electron chi connectivity index (χ4n) is 1.94. The Morgan fingerprint density at radius 2 is 2.06 bits per heavy atom. The molecule has 1 aromatic rings. The van der Waals surface area contributed by atoms with E-state index in [0.29, 0.717) is 11.7 Å². The van der Waals surface area contributed by atoms with Crippen LogP contribution in [0.1, 0.15) is 24.8 Å². The van der Waals surface area contributed by atoms with Gasteiger partial charge in [-0.25, -0.2) is 0 Å². The molecule has 1 unspecified atom stereocenters. The Balaban J connectivity index is 2.18. The van der Waals surface area contributed by atoms with E-state index in [0.717, 1.165) is 6.54 Å². The standard InChI is InChI=1S/C13H17NOS/c1-10(2)8-14-12(15)9-16-13(14)11-6-4-3-5-7-11/h3-7,10,13H,8-9H2,1-2H3. The van der Waals surface area contributed by atoms with Crippen molar-refractivity contribution in [1.29, 1.82) is 0 Å². The lowest BCUT2D eigenvalue weighted by molar-refractivity contribution is -0.128. The van der Waals surface area contributed by atoms with Crippen molar-refractivity contribution >= 4 is 17.7 Å². The summed E-state index contributed by atoms with van der Waals surface area (Å²) in [4.78, 5) is 13.8. The minimum atomic E-state index is 0.219. The van der Waals surface area contributed by atoms with Crippen LogP contribution >= 0.6 is 11.8 Å². The molecule has 0 bridgehead atoms. The number of amides is 1. The summed E-state index contributed by atoms with van der Waals surface area (Å²) in [6.07, 6.45) is 0. The summed E-state index contributed by atoms with van der Waals surface area (Å²) in [5, 5.41) is 0.219. The first-order chi connectivity index (χ1) is 7.68. The molecule has 0 saturated carbocycles. The summed E-state index contributed by atoms with van der Waals surface area (Å²) < 4.78 is 0. The molecule has 3 heteroatoms. The molecule has 1 atom stereocenters. The van der Waals surface area contributed by atoms with Gasteiger partial charge in [0.2, 0.25) is 5.91 Å². The number of nitrogens with zero attached hydrogens (tertiary/aromatic N) is 1. The second-order valence-corrected chi connectivity index (χ2v) is 5.58. The molecular weight excluding hydrogens is 218 g/mol. The molecule has 1 fully saturated rings. The van der Waals surface area contributed by atoms with Crippen LogP contribution in [-0.2, 0) is 4.79 Å². The topological polar surface area (TPSA) is 20.3 Å². The van der Waals surface area contributed by atoms with Crippen molar-refractivity contribution in [2.75, 3.05) is 12.3 Å². The van der Waals surface area contributed by atoms with Gasteiger partial charge in [-0.15, -0.1) is 11.8 Å². The van der Waals surface area contributed by atoms with E-state index in [2.05, 4.69) is 26.0 Å². The maximum Gasteiger partial charge on any atom is 0.233 e. The van der Waals surface area contributed by atoms with Crippen LogP contribution in [0, 0.1) is 5.92 Å². The minimum Gasteiger partial charge on any atom is -0.326 e. The number of thioether (sulfide) groups is 1. The highest BCUT2D eigenvalue weighted by atomic mass is 32.2. The monoisotopic (exact) mass is 235 g/mol. The van der Waals surface area contributed by atoms with Crippen LogP contribution in [-0.4, -0.2) is 23.1 Å². The van der Waals surface area contributed by atoms with E-state index in [4.69, 9.17) is 0 Å². The van der Waals surface area contributed by atoms with Crippen LogP contribution in [0.25, 0.3) is 0 Å². The fourth-order valence-corrected chi connectivity index (χ4v) is 3.14. The zero-order valence-electron chi connectivity index (χ0n) is 9.72. The Bertz CT molecular complexity index is 363. The molecule has 0 N–H and O–H groups in total. The molecule has 86 valence electrons. The molecule has 1 aromatic carbocycles. The Morgan fingerprint density at radius 3 is 2.69 bits per heavy atom. The molecule has 1 aliphatic rings. The van der Waals surface area contributed by atoms with Gasteiger partial charge in [0.15, 0.2) is 0 Å². The molecule has 2 nitrogen and oxygen atoms in total. The lowest BCUT2D eigenvalue weighted by atomic mass is 10.1. The van der Waals surface area contributed by atoms with Gasteiger partial charge >= 0.3 is 0 Å². The second-order valence-electron chi connectivity index (χ2n) is 4.51. The lowest BCUT2D eigenvalue weighted by Gasteiger charge is -2.25. The van der Waals surface area contributed by atoms with Gasteiger partial charge in [-0.2, -0.15) is 0 Å². The largest absolute Gasteiger partial charge is 0.326 e. The number of hydrogen-bond donors (Lipinski definition) is 0. The van der Waals surface area contributed by atoms with E-state index >= 15 is 0 Å². The van der Waals surface area contributed by atoms with E-state index in [-0.39, 0.29) is 11.3 Å². The van der Waals surface area contributed by atoms with Gasteiger partial charge in [0.25, 0.3) is 0 Å². The third-order valence-corrected chi connectivity index (χ3v) is 3.87. The van der Waals surface area contributed by atoms with E-state index in [1.165, 1.54) is 5.56 Å². The first-order valence-corrected chi connectivity index (χ1v) is 6.69. The van der Waals surface area contributed by atoms with Gasteiger partial charge in [0.05, 0.1) is 5.75 Å². The maximum absolute atomic E-state index is 11.8. The number of hydrogen-bond acceptors (Lipinski definition) is 2. The molecule has 0 aromatic heterocycles. The molecule has 16 heavy (non-hydrogen) atoms. The summed E-state index contributed by atoms with van der Waals surface area (Å²) in [6.45, 7) is 5.15. The van der Waals surface area contributed by atoms with Crippen LogP contribution < -0.4 is 0 Å². The fraction of sp³-hybridized carbons (Fsp3) is 0.462. The predicted molar refractivity (Wildman–Crippen MR) is 68.2 cm³/mol. The molecule has 0 spiro atoms. The molecular formula is C13H17NOS. The average Bonchev–Trinajstić information content (AvgIpc) is 2.61. The summed E-state index contributed by atoms with van der Waals surface area (Å²) in [5.74, 6) is 1.41. The predicted octanol–water partition coefficient (Wildman–Crippen LogP) is 2.92. The summed E-state index contributed by atoms with van der Waals surface area (Å²) in [7, 11) is 0. The first kappa shape index (κ1) is 11.5. The van der Waals surface area contributed by atoms with Crippen molar-refractivity contribution in [3.05, 3.63) is 35.9 Å². The number of rotatable bonds is 3. The molecule has 2 rings (SSSR count). The third kappa shape index (κ3) is 2.40. The molecule has 0 radical (unpaired) electrons. The Hall–Kier alpha value is -0.960. The zero-order valence-corrected chi connectivity index (χ0v) is 10.5. The molecule has 1 heterocycles. The summed E-state index contributed by atoms with van der Waals surface area (Å²) in [5.41, 5.74) is 1.24. The average molecular weight is 235 g/mol. The first-order valence-electron chi connectivity index (χ1n) is 5.64. The van der Waals surface area contributed by atoms with Gasteiger partial charge < -0.3 is 4.90 Å². The van der Waals surface area contributed by atoms with Crippen LogP contribution in [0.4, 0.5) is 0 Å². The number of benzene rings is 1. The molecule has 1 amide bonds. The Kier molecular flexibility index (Phi) is 3.54. The van der Waals surface area contributed by atoms with Gasteiger partial charge in [-0.1, -0.05) is 44.2 Å². The van der Waals surface area contributed by atoms with Gasteiger partial charge in [-0.3, -0.25) is 4.79 Å². The third-order valence-electron chi connectivity index (χ3n) is 2.61. The Morgan fingerprint density at radius 1 is 1.38 bits per heavy atom. The van der Waals surface area contributed by atoms with Crippen LogP contribution in [0.2, 0.25) is 0 Å². The van der Waals surface area contributed by atoms with E-state index in [1.54, 1.807) is 11.8 Å². The van der Waals surface area contributed by atoms with Crippen molar-refractivity contribution in [3.8, 4) is 0 Å². The van der Waals surface area contributed by atoms with Gasteiger partial charge in [0.1, 0.15) is 5.37 Å². The maximum atomic E-state index is 11.8. The van der Waals surface area contributed by atoms with Crippen LogP contribution in [0.15, 0.2) is 30.3 Å². The lowest BCUT2D eigenvalue weighted by Crippen LogP contribution is -2.31. The van der Waals surface area contributed by atoms with Crippen LogP contribution in [0.3, 0.4) is 0 Å². The molecule has 1 saturated heterocycles. The highest BCUT2D eigenvalue weighted by Gasteiger charge is 2.32. The van der Waals surface area contributed by atoms with Crippen molar-refractivity contribution in [2.24, 2.45) is 5.92 Å². The Labute approximate surface area is 101 Å². The molecule has 1 aliphatic heterocycles. The van der Waals surface area contributed by atoms with E-state index in [9.17, 15) is 4.79 Å². The molecule has 0 aliphatic carbocycles. The smallest absolute Gasteiger partial charge is 0.233 e. The van der Waals surface area contributed by atoms with Crippen molar-refractivity contribution < 1.29 is 4.79 Å². The quantitative estimate of drug-likeness (QED) is 0.803. The highest BCUT2D eigenvalue weighted by Crippen LogP contribution is 2.38.